The third-order valence-corrected chi connectivity index (χ3v) is 5.08. The van der Waals surface area contributed by atoms with E-state index in [9.17, 15) is 9.18 Å². The van der Waals surface area contributed by atoms with Gasteiger partial charge >= 0.3 is 6.03 Å². The van der Waals surface area contributed by atoms with Gasteiger partial charge in [-0.2, -0.15) is 0 Å². The van der Waals surface area contributed by atoms with Gasteiger partial charge < -0.3 is 19.2 Å². The fraction of sp³-hybridized carbons (Fsp3) is 0.190. The number of hydrogen-bond donors (Lipinski definition) is 1. The number of hydrogen-bond acceptors (Lipinski definition) is 4. The molecule has 1 aliphatic rings. The first-order valence-electron chi connectivity index (χ1n) is 9.37. The van der Waals surface area contributed by atoms with Crippen LogP contribution in [0.4, 0.5) is 14.9 Å². The molecule has 4 heterocycles. The number of halogens is 1. The Hall–Kier alpha value is -3.68. The molecule has 146 valence electrons. The maximum Gasteiger partial charge on any atom is 0.321 e. The van der Waals surface area contributed by atoms with E-state index in [2.05, 4.69) is 10.3 Å². The normalized spacial score (nSPS) is 16.4. The van der Waals surface area contributed by atoms with E-state index >= 15 is 0 Å². The Kier molecular flexibility index (Phi) is 4.23. The van der Waals surface area contributed by atoms with Gasteiger partial charge in [0.1, 0.15) is 11.3 Å². The van der Waals surface area contributed by atoms with Crippen LogP contribution in [0, 0.1) is 5.82 Å². The van der Waals surface area contributed by atoms with E-state index in [1.165, 1.54) is 12.1 Å². The maximum absolute atomic E-state index is 13.4. The molecule has 1 atom stereocenters. The van der Waals surface area contributed by atoms with Gasteiger partial charge in [0, 0.05) is 25.0 Å². The van der Waals surface area contributed by atoms with Gasteiger partial charge in [-0.3, -0.25) is 0 Å². The first-order valence-corrected chi connectivity index (χ1v) is 9.37. The van der Waals surface area contributed by atoms with Crippen LogP contribution in [-0.4, -0.2) is 38.6 Å². The quantitative estimate of drug-likeness (QED) is 0.565. The number of imidazole rings is 1. The van der Waals surface area contributed by atoms with Gasteiger partial charge in [-0.25, -0.2) is 19.2 Å². The number of anilines is 1. The smallest absolute Gasteiger partial charge is 0.321 e. The molecule has 3 aromatic heterocycles. The summed E-state index contributed by atoms with van der Waals surface area (Å²) in [5, 5.41) is 2.76. The highest BCUT2D eigenvalue weighted by Gasteiger charge is 2.31. The first-order chi connectivity index (χ1) is 14.2. The molecule has 1 N–H and O–H groups in total. The Bertz CT molecular complexity index is 1170. The van der Waals surface area contributed by atoms with Gasteiger partial charge in [0.05, 0.1) is 12.3 Å². The lowest BCUT2D eigenvalue weighted by molar-refractivity contribution is 0.221. The number of likely N-dealkylation sites (tertiary alicyclic amines) is 1. The molecule has 1 aromatic carbocycles. The second kappa shape index (κ2) is 7.05. The van der Waals surface area contributed by atoms with Crippen molar-refractivity contribution in [3.63, 3.8) is 0 Å². The summed E-state index contributed by atoms with van der Waals surface area (Å²) in [5.74, 6) is 0.966. The minimum atomic E-state index is -0.388. The number of benzene rings is 1. The summed E-state index contributed by atoms with van der Waals surface area (Å²) in [4.78, 5) is 23.6. The van der Waals surface area contributed by atoms with Crippen molar-refractivity contribution in [2.75, 3.05) is 18.4 Å². The molecule has 1 saturated heterocycles. The molecular formula is C21H18FN5O2. The van der Waals surface area contributed by atoms with Crippen LogP contribution in [0.25, 0.3) is 22.7 Å². The van der Waals surface area contributed by atoms with E-state index in [1.807, 2.05) is 28.8 Å². The molecule has 7 nitrogen and oxygen atoms in total. The predicted octanol–water partition coefficient (Wildman–Crippen LogP) is 4.31. The monoisotopic (exact) mass is 391 g/mol. The van der Waals surface area contributed by atoms with Crippen molar-refractivity contribution in [2.45, 2.75) is 12.5 Å². The highest BCUT2D eigenvalue weighted by atomic mass is 19.1. The average Bonchev–Trinajstić information content (AvgIpc) is 3.46. The van der Waals surface area contributed by atoms with Gasteiger partial charge in [0.15, 0.2) is 17.2 Å². The van der Waals surface area contributed by atoms with Crippen molar-refractivity contribution in [1.29, 1.82) is 0 Å². The molecule has 8 heteroatoms. The summed E-state index contributed by atoms with van der Waals surface area (Å²) >= 11 is 0. The summed E-state index contributed by atoms with van der Waals surface area (Å²) in [6.45, 7) is 1.08. The van der Waals surface area contributed by atoms with Crippen LogP contribution in [0.1, 0.15) is 12.5 Å². The van der Waals surface area contributed by atoms with Crippen LogP contribution in [0.3, 0.4) is 0 Å². The number of carbonyl (C=O) groups is 1. The molecule has 0 saturated carbocycles. The topological polar surface area (TPSA) is 76.2 Å². The Balaban J connectivity index is 1.42. The van der Waals surface area contributed by atoms with Crippen LogP contribution in [0.2, 0.25) is 0 Å². The highest BCUT2D eigenvalue weighted by Crippen LogP contribution is 2.32. The number of aromatic nitrogens is 3. The van der Waals surface area contributed by atoms with Gasteiger partial charge in [0.25, 0.3) is 0 Å². The van der Waals surface area contributed by atoms with Crippen LogP contribution in [-0.2, 0) is 0 Å². The number of furan rings is 1. The number of fused-ring (bicyclic) bond motifs is 1. The zero-order chi connectivity index (χ0) is 19.8. The fourth-order valence-corrected chi connectivity index (χ4v) is 3.76. The zero-order valence-electron chi connectivity index (χ0n) is 15.5. The van der Waals surface area contributed by atoms with Crippen molar-refractivity contribution in [2.24, 2.45) is 0 Å². The summed E-state index contributed by atoms with van der Waals surface area (Å²) in [6, 6.07) is 13.1. The second-order valence-electron chi connectivity index (χ2n) is 6.96. The molecule has 0 radical (unpaired) electrons. The Morgan fingerprint density at radius 3 is 2.97 bits per heavy atom. The third-order valence-electron chi connectivity index (χ3n) is 5.08. The van der Waals surface area contributed by atoms with Crippen LogP contribution in [0.15, 0.2) is 65.4 Å². The van der Waals surface area contributed by atoms with Crippen molar-refractivity contribution in [3.05, 3.63) is 66.8 Å². The van der Waals surface area contributed by atoms with Crippen molar-refractivity contribution in [1.82, 2.24) is 19.4 Å². The fourth-order valence-electron chi connectivity index (χ4n) is 3.76. The molecule has 1 fully saturated rings. The van der Waals surface area contributed by atoms with E-state index in [1.54, 1.807) is 29.5 Å². The summed E-state index contributed by atoms with van der Waals surface area (Å²) in [6.07, 6.45) is 4.10. The van der Waals surface area contributed by atoms with Crippen molar-refractivity contribution < 1.29 is 13.6 Å². The molecule has 0 aliphatic carbocycles. The van der Waals surface area contributed by atoms with Crippen LogP contribution < -0.4 is 5.32 Å². The summed E-state index contributed by atoms with van der Waals surface area (Å²) < 4.78 is 21.0. The SMILES string of the molecule is O=C(Nc1cccc(F)c1)N1CC[C@H](n2c(-c3ccco3)nc3cccnc32)C1. The summed E-state index contributed by atoms with van der Waals surface area (Å²) in [5.41, 5.74) is 1.97. The van der Waals surface area contributed by atoms with E-state index in [0.717, 1.165) is 17.6 Å². The van der Waals surface area contributed by atoms with Gasteiger partial charge in [-0.1, -0.05) is 6.07 Å². The molecule has 1 aliphatic heterocycles. The van der Waals surface area contributed by atoms with Crippen LogP contribution >= 0.6 is 0 Å². The average molecular weight is 391 g/mol. The molecule has 2 amide bonds. The lowest BCUT2D eigenvalue weighted by Crippen LogP contribution is -2.33. The van der Waals surface area contributed by atoms with Crippen molar-refractivity contribution in [3.8, 4) is 11.6 Å². The van der Waals surface area contributed by atoms with Gasteiger partial charge in [-0.15, -0.1) is 0 Å². The summed E-state index contributed by atoms with van der Waals surface area (Å²) in [7, 11) is 0. The molecule has 5 rings (SSSR count). The lowest BCUT2D eigenvalue weighted by Gasteiger charge is -2.19. The molecule has 0 bridgehead atoms. The number of nitrogens with zero attached hydrogens (tertiary/aromatic N) is 4. The van der Waals surface area contributed by atoms with E-state index in [-0.39, 0.29) is 17.9 Å². The van der Waals surface area contributed by atoms with E-state index in [0.29, 0.717) is 30.4 Å². The molecule has 4 aromatic rings. The van der Waals surface area contributed by atoms with E-state index in [4.69, 9.17) is 9.40 Å². The van der Waals surface area contributed by atoms with Crippen LogP contribution in [0.5, 0.6) is 0 Å². The number of nitrogens with one attached hydrogen (secondary N) is 1. The number of urea groups is 1. The zero-order valence-corrected chi connectivity index (χ0v) is 15.5. The number of carbonyl (C=O) groups excluding carboxylic acids is 1. The van der Waals surface area contributed by atoms with E-state index < -0.39 is 0 Å². The maximum atomic E-state index is 13.4. The number of amides is 2. The molecule has 0 spiro atoms. The molecule has 0 unspecified atom stereocenters. The molecular weight excluding hydrogens is 373 g/mol. The van der Waals surface area contributed by atoms with Crippen molar-refractivity contribution >= 4 is 22.9 Å². The second-order valence-corrected chi connectivity index (χ2v) is 6.96. The Labute approximate surface area is 165 Å². The minimum absolute atomic E-state index is 0.00765. The lowest BCUT2D eigenvalue weighted by atomic mass is 10.2. The number of pyridine rings is 1. The standard InChI is InChI=1S/C21H18FN5O2/c22-14-4-1-5-15(12-14)24-21(28)26-10-8-16(13-26)27-19-17(6-2-9-23-19)25-20(27)18-7-3-11-29-18/h1-7,9,11-12,16H,8,10,13H2,(H,24,28)/t16-/m0/s1. The molecule has 29 heavy (non-hydrogen) atoms. The third kappa shape index (κ3) is 3.22. The largest absolute Gasteiger partial charge is 0.461 e. The first kappa shape index (κ1) is 17.4. The Morgan fingerprint density at radius 1 is 1.21 bits per heavy atom. The van der Waals surface area contributed by atoms with Gasteiger partial charge in [0.2, 0.25) is 0 Å². The van der Waals surface area contributed by atoms with Gasteiger partial charge in [-0.05, 0) is 48.9 Å². The Morgan fingerprint density at radius 2 is 2.14 bits per heavy atom. The number of rotatable bonds is 3. The minimum Gasteiger partial charge on any atom is -0.461 e. The predicted molar refractivity (Wildman–Crippen MR) is 106 cm³/mol. The highest BCUT2D eigenvalue weighted by molar-refractivity contribution is 5.89.